The van der Waals surface area contributed by atoms with Gasteiger partial charge in [-0.2, -0.15) is 0 Å². The van der Waals surface area contributed by atoms with Gasteiger partial charge in [-0.05, 0) is 33.5 Å². The molecule has 0 unspecified atom stereocenters. The molecule has 0 bridgehead atoms. The van der Waals surface area contributed by atoms with Gasteiger partial charge in [-0.15, -0.1) is 12.4 Å². The second kappa shape index (κ2) is 7.34. The van der Waals surface area contributed by atoms with Crippen LogP contribution < -0.4 is 10.1 Å². The number of nitrogens with one attached hydrogen (secondary N) is 1. The molecule has 1 aliphatic heterocycles. The highest BCUT2D eigenvalue weighted by Gasteiger charge is 2.54. The van der Waals surface area contributed by atoms with Gasteiger partial charge in [-0.3, -0.25) is 9.59 Å². The van der Waals surface area contributed by atoms with Gasteiger partial charge in [0.1, 0.15) is 17.9 Å². The van der Waals surface area contributed by atoms with E-state index in [0.717, 1.165) is 17.7 Å². The van der Waals surface area contributed by atoms with E-state index >= 15 is 0 Å². The Morgan fingerprint density at radius 2 is 2.12 bits per heavy atom. The molecule has 1 heterocycles. The van der Waals surface area contributed by atoms with Crippen LogP contribution in [-0.2, 0) is 15.0 Å². The fraction of sp³-hybridized carbons (Fsp3) is 0.579. The lowest BCUT2D eigenvalue weighted by molar-refractivity contribution is -0.133. The average molecular weight is 367 g/mol. The molecule has 25 heavy (non-hydrogen) atoms. The molecule has 2 aliphatic rings. The zero-order valence-corrected chi connectivity index (χ0v) is 16.1. The highest BCUT2D eigenvalue weighted by atomic mass is 35.5. The molecule has 1 aromatic rings. The molecule has 1 aromatic carbocycles. The Morgan fingerprint density at radius 3 is 2.80 bits per heavy atom. The molecule has 0 saturated heterocycles. The molecule has 1 N–H and O–H groups in total. The number of carbonyl (C=O) groups excluding carboxylic acids is 2. The molecule has 1 aliphatic carbocycles. The smallest absolute Gasteiger partial charge is 0.221 e. The minimum atomic E-state index is -0.564. The van der Waals surface area contributed by atoms with Crippen LogP contribution in [0.4, 0.5) is 0 Å². The largest absolute Gasteiger partial charge is 0.487 e. The van der Waals surface area contributed by atoms with Gasteiger partial charge < -0.3 is 15.0 Å². The predicted octanol–water partition coefficient (Wildman–Crippen LogP) is 2.23. The minimum absolute atomic E-state index is 0. The topological polar surface area (TPSA) is 58.6 Å². The van der Waals surface area contributed by atoms with Gasteiger partial charge in [0.2, 0.25) is 5.91 Å². The van der Waals surface area contributed by atoms with Crippen LogP contribution in [0, 0.1) is 6.92 Å². The van der Waals surface area contributed by atoms with Crippen LogP contribution in [0.25, 0.3) is 0 Å². The number of Topliss-reactive ketones (excluding diaryl/α,β-unsaturated/α-hetero) is 1. The first kappa shape index (κ1) is 19.7. The summed E-state index contributed by atoms with van der Waals surface area (Å²) in [6, 6.07) is 5.58. The lowest BCUT2D eigenvalue weighted by atomic mass is 9.67. The Morgan fingerprint density at radius 1 is 1.40 bits per heavy atom. The lowest BCUT2D eigenvalue weighted by Gasteiger charge is -2.39. The number of nitrogens with zero attached hydrogens (tertiary/aromatic N) is 1. The number of aryl methyl sites for hydroxylation is 1. The highest BCUT2D eigenvalue weighted by Crippen LogP contribution is 2.49. The summed E-state index contributed by atoms with van der Waals surface area (Å²) in [6.07, 6.45) is 1.30. The molecule has 0 radical (unpaired) electrons. The van der Waals surface area contributed by atoms with E-state index in [2.05, 4.69) is 25.2 Å². The third-order valence-electron chi connectivity index (χ3n) is 5.28. The molecule has 138 valence electrons. The first-order valence-corrected chi connectivity index (χ1v) is 8.56. The van der Waals surface area contributed by atoms with Gasteiger partial charge in [-0.1, -0.05) is 24.6 Å². The number of halogens is 1. The van der Waals surface area contributed by atoms with Crippen molar-refractivity contribution in [2.24, 2.45) is 0 Å². The summed E-state index contributed by atoms with van der Waals surface area (Å²) in [6.45, 7) is 4.87. The van der Waals surface area contributed by atoms with Crippen molar-refractivity contribution in [2.45, 2.75) is 50.7 Å². The van der Waals surface area contributed by atoms with Crippen LogP contribution in [-0.4, -0.2) is 49.4 Å². The first-order valence-electron chi connectivity index (χ1n) is 8.56. The maximum Gasteiger partial charge on any atom is 0.221 e. The Kier molecular flexibility index (Phi) is 5.79. The Hall–Kier alpha value is -1.59. The van der Waals surface area contributed by atoms with Crippen LogP contribution in [0.1, 0.15) is 37.3 Å². The van der Waals surface area contributed by atoms with Gasteiger partial charge in [0.25, 0.3) is 0 Å². The van der Waals surface area contributed by atoms with E-state index in [1.54, 1.807) is 0 Å². The Balaban J connectivity index is 0.00000225. The average Bonchev–Trinajstić information content (AvgIpc) is 2.82. The molecule has 0 aromatic heterocycles. The second-order valence-corrected chi connectivity index (χ2v) is 7.52. The molecule has 5 nitrogen and oxygen atoms in total. The fourth-order valence-corrected chi connectivity index (χ4v) is 3.76. The number of hydrogen-bond donors (Lipinski definition) is 1. The molecular weight excluding hydrogens is 340 g/mol. The maximum absolute atomic E-state index is 12.5. The van der Waals surface area contributed by atoms with Crippen molar-refractivity contribution >= 4 is 24.1 Å². The predicted molar refractivity (Wildman–Crippen MR) is 99.5 cm³/mol. The maximum atomic E-state index is 12.5. The number of amides is 1. The SMILES string of the molecule is Cc1ccc2c(c1)[C@@]1(C)CCC(=O)[C@@H](NC(=O)CCN(C)C)[C@H]1O2.Cl. The van der Waals surface area contributed by atoms with Gasteiger partial charge in [0.15, 0.2) is 5.78 Å². The van der Waals surface area contributed by atoms with Crippen LogP contribution in [0.2, 0.25) is 0 Å². The molecule has 0 spiro atoms. The third-order valence-corrected chi connectivity index (χ3v) is 5.28. The van der Waals surface area contributed by atoms with E-state index in [0.29, 0.717) is 19.4 Å². The van der Waals surface area contributed by atoms with Crippen molar-refractivity contribution in [3.05, 3.63) is 29.3 Å². The van der Waals surface area contributed by atoms with Crippen molar-refractivity contribution in [3.8, 4) is 5.75 Å². The number of fused-ring (bicyclic) bond motifs is 3. The van der Waals surface area contributed by atoms with Gasteiger partial charge >= 0.3 is 0 Å². The number of benzene rings is 1. The molecule has 6 heteroatoms. The van der Waals surface area contributed by atoms with E-state index < -0.39 is 6.04 Å². The van der Waals surface area contributed by atoms with E-state index in [4.69, 9.17) is 4.74 Å². The second-order valence-electron chi connectivity index (χ2n) is 7.52. The summed E-state index contributed by atoms with van der Waals surface area (Å²) in [7, 11) is 3.85. The molecule has 1 amide bonds. The quantitative estimate of drug-likeness (QED) is 0.887. The van der Waals surface area contributed by atoms with E-state index in [9.17, 15) is 9.59 Å². The molecule has 3 rings (SSSR count). The number of hydrogen-bond acceptors (Lipinski definition) is 4. The van der Waals surface area contributed by atoms with Crippen LogP contribution in [0.15, 0.2) is 18.2 Å². The number of ketones is 1. The highest BCUT2D eigenvalue weighted by molar-refractivity contribution is 5.91. The minimum Gasteiger partial charge on any atom is -0.487 e. The van der Waals surface area contributed by atoms with Crippen LogP contribution >= 0.6 is 12.4 Å². The molecule has 1 saturated carbocycles. The zero-order chi connectivity index (χ0) is 17.5. The van der Waals surface area contributed by atoms with E-state index in [1.165, 1.54) is 5.56 Å². The van der Waals surface area contributed by atoms with Crippen molar-refractivity contribution < 1.29 is 14.3 Å². The summed E-state index contributed by atoms with van der Waals surface area (Å²) >= 11 is 0. The fourth-order valence-electron chi connectivity index (χ4n) is 3.76. The Bertz CT molecular complexity index is 677. The third kappa shape index (κ3) is 3.67. The van der Waals surface area contributed by atoms with Crippen molar-refractivity contribution in [1.82, 2.24) is 10.2 Å². The summed E-state index contributed by atoms with van der Waals surface area (Å²) in [5.41, 5.74) is 2.12. The summed E-state index contributed by atoms with van der Waals surface area (Å²) in [5.74, 6) is 0.817. The molecule has 1 fully saturated rings. The normalized spacial score (nSPS) is 27.2. The summed E-state index contributed by atoms with van der Waals surface area (Å²) in [4.78, 5) is 26.7. The van der Waals surface area contributed by atoms with Gasteiger partial charge in [0.05, 0.1) is 0 Å². The zero-order valence-electron chi connectivity index (χ0n) is 15.3. The summed E-state index contributed by atoms with van der Waals surface area (Å²) < 4.78 is 6.13. The number of carbonyl (C=O) groups is 2. The van der Waals surface area contributed by atoms with Crippen molar-refractivity contribution in [3.63, 3.8) is 0 Å². The molecule has 3 atom stereocenters. The van der Waals surface area contributed by atoms with E-state index in [1.807, 2.05) is 31.1 Å². The number of rotatable bonds is 4. The lowest BCUT2D eigenvalue weighted by Crippen LogP contribution is -2.59. The van der Waals surface area contributed by atoms with Crippen LogP contribution in [0.5, 0.6) is 5.75 Å². The monoisotopic (exact) mass is 366 g/mol. The molecular formula is C19H27ClN2O3. The van der Waals surface area contributed by atoms with Crippen molar-refractivity contribution in [1.29, 1.82) is 0 Å². The van der Waals surface area contributed by atoms with Gasteiger partial charge in [-0.25, -0.2) is 0 Å². The van der Waals surface area contributed by atoms with Crippen LogP contribution in [0.3, 0.4) is 0 Å². The number of ether oxygens (including phenoxy) is 1. The first-order chi connectivity index (χ1) is 11.3. The van der Waals surface area contributed by atoms with E-state index in [-0.39, 0.29) is 35.6 Å². The van der Waals surface area contributed by atoms with Gasteiger partial charge in [0, 0.05) is 30.4 Å². The Labute approximate surface area is 155 Å². The standard InChI is InChI=1S/C19H26N2O3.ClH/c1-12-5-6-15-13(11-12)19(2)9-7-14(22)17(18(19)24-15)20-16(23)8-10-21(3)4;/h5-6,11,17-18H,7-10H2,1-4H3,(H,20,23);1H/t17-,18-,19-;/m1./s1. The van der Waals surface area contributed by atoms with Crippen molar-refractivity contribution in [2.75, 3.05) is 20.6 Å². The summed E-state index contributed by atoms with van der Waals surface area (Å²) in [5, 5.41) is 2.93.